The number of halogens is 2. The number of carbonyl (C=O) groups excluding carboxylic acids is 1. The summed E-state index contributed by atoms with van der Waals surface area (Å²) in [6.45, 7) is 3.01. The number of hydrogen-bond donors (Lipinski definition) is 1. The van der Waals surface area contributed by atoms with Gasteiger partial charge in [-0.2, -0.15) is 0 Å². The maximum Gasteiger partial charge on any atom is 0.241 e. The van der Waals surface area contributed by atoms with Crippen molar-refractivity contribution in [2.75, 3.05) is 42.9 Å². The van der Waals surface area contributed by atoms with E-state index in [2.05, 4.69) is 10.2 Å². The van der Waals surface area contributed by atoms with E-state index in [0.717, 1.165) is 24.5 Å². The van der Waals surface area contributed by atoms with Crippen LogP contribution in [0.2, 0.25) is 5.02 Å². The number of piperazine rings is 1. The quantitative estimate of drug-likeness (QED) is 0.922. The first-order valence-electron chi connectivity index (χ1n) is 7.90. The lowest BCUT2D eigenvalue weighted by Crippen LogP contribution is -2.50. The number of amides is 1. The third-order valence-corrected chi connectivity index (χ3v) is 4.46. The second-order valence-electron chi connectivity index (χ2n) is 5.68. The van der Waals surface area contributed by atoms with E-state index < -0.39 is 0 Å². The van der Waals surface area contributed by atoms with Crippen LogP contribution in [0.15, 0.2) is 48.5 Å². The summed E-state index contributed by atoms with van der Waals surface area (Å²) in [5.41, 5.74) is 1.75. The Kier molecular flexibility index (Phi) is 5.20. The summed E-state index contributed by atoms with van der Waals surface area (Å²) in [4.78, 5) is 16.3. The summed E-state index contributed by atoms with van der Waals surface area (Å²) in [5, 5.41) is 3.68. The maximum absolute atomic E-state index is 13.0. The molecule has 0 aromatic heterocycles. The third kappa shape index (κ3) is 3.97. The standard InChI is InChI=1S/C18H19ClFN3O/c19-16-3-1-2-4-17(16)21-13-18(24)23-11-9-22(10-12-23)15-7-5-14(20)6-8-15/h1-8,21H,9-13H2. The SMILES string of the molecule is O=C(CNc1ccccc1Cl)N1CCN(c2ccc(F)cc2)CC1. The number of anilines is 2. The van der Waals surface area contributed by atoms with Gasteiger partial charge in [-0.3, -0.25) is 4.79 Å². The van der Waals surface area contributed by atoms with E-state index in [1.165, 1.54) is 12.1 Å². The van der Waals surface area contributed by atoms with Gasteiger partial charge in [-0.1, -0.05) is 23.7 Å². The summed E-state index contributed by atoms with van der Waals surface area (Å²) in [7, 11) is 0. The van der Waals surface area contributed by atoms with Crippen LogP contribution < -0.4 is 10.2 Å². The van der Waals surface area contributed by atoms with E-state index in [1.807, 2.05) is 23.1 Å². The summed E-state index contributed by atoms with van der Waals surface area (Å²) in [6, 6.07) is 13.8. The molecule has 1 aliphatic rings. The lowest BCUT2D eigenvalue weighted by molar-refractivity contribution is -0.129. The molecule has 0 bridgehead atoms. The molecule has 0 spiro atoms. The normalized spacial score (nSPS) is 14.6. The molecule has 0 atom stereocenters. The molecule has 24 heavy (non-hydrogen) atoms. The lowest BCUT2D eigenvalue weighted by atomic mass is 10.2. The Morgan fingerprint density at radius 3 is 2.38 bits per heavy atom. The van der Waals surface area contributed by atoms with E-state index in [9.17, 15) is 9.18 Å². The second kappa shape index (κ2) is 7.53. The molecule has 0 radical (unpaired) electrons. The minimum Gasteiger partial charge on any atom is -0.375 e. The fraction of sp³-hybridized carbons (Fsp3) is 0.278. The van der Waals surface area contributed by atoms with Gasteiger partial charge in [0.25, 0.3) is 0 Å². The summed E-state index contributed by atoms with van der Waals surface area (Å²) in [5.74, 6) is -0.188. The van der Waals surface area contributed by atoms with Crippen molar-refractivity contribution in [2.45, 2.75) is 0 Å². The van der Waals surface area contributed by atoms with Crippen LogP contribution in [0, 0.1) is 5.82 Å². The van der Waals surface area contributed by atoms with Gasteiger partial charge >= 0.3 is 0 Å². The average Bonchev–Trinajstić information content (AvgIpc) is 2.62. The lowest BCUT2D eigenvalue weighted by Gasteiger charge is -2.36. The van der Waals surface area contributed by atoms with Gasteiger partial charge in [0.15, 0.2) is 0 Å². The van der Waals surface area contributed by atoms with Crippen LogP contribution in [0.4, 0.5) is 15.8 Å². The van der Waals surface area contributed by atoms with Crippen molar-refractivity contribution in [3.8, 4) is 0 Å². The van der Waals surface area contributed by atoms with E-state index in [1.54, 1.807) is 18.2 Å². The number of nitrogens with one attached hydrogen (secondary N) is 1. The van der Waals surface area contributed by atoms with Gasteiger partial charge in [-0.25, -0.2) is 4.39 Å². The van der Waals surface area contributed by atoms with E-state index in [0.29, 0.717) is 18.1 Å². The zero-order valence-electron chi connectivity index (χ0n) is 13.2. The molecule has 4 nitrogen and oxygen atoms in total. The topological polar surface area (TPSA) is 35.6 Å². The molecule has 0 aliphatic carbocycles. The van der Waals surface area contributed by atoms with Crippen LogP contribution in [-0.4, -0.2) is 43.5 Å². The Labute approximate surface area is 145 Å². The van der Waals surface area contributed by atoms with Crippen LogP contribution in [0.5, 0.6) is 0 Å². The predicted octanol–water partition coefficient (Wildman–Crippen LogP) is 3.24. The molecule has 2 aromatic carbocycles. The second-order valence-corrected chi connectivity index (χ2v) is 6.08. The number of benzene rings is 2. The molecule has 0 saturated carbocycles. The Balaban J connectivity index is 1.50. The molecular weight excluding hydrogens is 329 g/mol. The predicted molar refractivity (Wildman–Crippen MR) is 95.1 cm³/mol. The van der Waals surface area contributed by atoms with Crippen molar-refractivity contribution in [3.63, 3.8) is 0 Å². The number of carbonyl (C=O) groups is 1. The van der Waals surface area contributed by atoms with Crippen molar-refractivity contribution in [3.05, 3.63) is 59.4 Å². The summed E-state index contributed by atoms with van der Waals surface area (Å²) < 4.78 is 13.0. The highest BCUT2D eigenvalue weighted by molar-refractivity contribution is 6.33. The van der Waals surface area contributed by atoms with Crippen molar-refractivity contribution < 1.29 is 9.18 Å². The molecule has 1 amide bonds. The van der Waals surface area contributed by atoms with E-state index in [-0.39, 0.29) is 18.3 Å². The fourth-order valence-electron chi connectivity index (χ4n) is 2.75. The average molecular weight is 348 g/mol. The molecular formula is C18H19ClFN3O. The van der Waals surface area contributed by atoms with Gasteiger partial charge < -0.3 is 15.1 Å². The molecule has 1 N–H and O–H groups in total. The zero-order chi connectivity index (χ0) is 16.9. The highest BCUT2D eigenvalue weighted by Gasteiger charge is 2.21. The first-order valence-corrected chi connectivity index (χ1v) is 8.28. The first-order chi connectivity index (χ1) is 11.6. The van der Waals surface area contributed by atoms with Gasteiger partial charge in [0.05, 0.1) is 17.3 Å². The van der Waals surface area contributed by atoms with Crippen LogP contribution in [0.3, 0.4) is 0 Å². The van der Waals surface area contributed by atoms with Crippen molar-refractivity contribution >= 4 is 28.9 Å². The maximum atomic E-state index is 13.0. The van der Waals surface area contributed by atoms with E-state index >= 15 is 0 Å². The van der Waals surface area contributed by atoms with E-state index in [4.69, 9.17) is 11.6 Å². The van der Waals surface area contributed by atoms with Gasteiger partial charge in [0.1, 0.15) is 5.82 Å². The number of rotatable bonds is 4. The molecule has 3 rings (SSSR count). The summed E-state index contributed by atoms with van der Waals surface area (Å²) >= 11 is 6.07. The van der Waals surface area contributed by atoms with Crippen molar-refractivity contribution in [1.29, 1.82) is 0 Å². The van der Waals surface area contributed by atoms with Crippen molar-refractivity contribution in [1.82, 2.24) is 4.90 Å². The first kappa shape index (κ1) is 16.6. The van der Waals surface area contributed by atoms with Gasteiger partial charge in [-0.05, 0) is 36.4 Å². The Bertz CT molecular complexity index is 700. The van der Waals surface area contributed by atoms with Gasteiger partial charge in [-0.15, -0.1) is 0 Å². The van der Waals surface area contributed by atoms with Crippen LogP contribution in [0.1, 0.15) is 0 Å². The molecule has 0 unspecified atom stereocenters. The fourth-order valence-corrected chi connectivity index (χ4v) is 2.96. The monoisotopic (exact) mass is 347 g/mol. The Morgan fingerprint density at radius 2 is 1.71 bits per heavy atom. The van der Waals surface area contributed by atoms with Gasteiger partial charge in [0, 0.05) is 31.9 Å². The van der Waals surface area contributed by atoms with Gasteiger partial charge in [0.2, 0.25) is 5.91 Å². The van der Waals surface area contributed by atoms with Crippen LogP contribution in [0.25, 0.3) is 0 Å². The molecule has 2 aromatic rings. The third-order valence-electron chi connectivity index (χ3n) is 4.13. The smallest absolute Gasteiger partial charge is 0.241 e. The van der Waals surface area contributed by atoms with Crippen molar-refractivity contribution in [2.24, 2.45) is 0 Å². The molecule has 126 valence electrons. The molecule has 1 aliphatic heterocycles. The number of para-hydroxylation sites is 1. The molecule has 1 heterocycles. The highest BCUT2D eigenvalue weighted by atomic mass is 35.5. The molecule has 1 saturated heterocycles. The largest absolute Gasteiger partial charge is 0.375 e. The molecule has 1 fully saturated rings. The number of nitrogens with zero attached hydrogens (tertiary/aromatic N) is 2. The zero-order valence-corrected chi connectivity index (χ0v) is 14.0. The Morgan fingerprint density at radius 1 is 1.04 bits per heavy atom. The summed E-state index contributed by atoms with van der Waals surface area (Å²) in [6.07, 6.45) is 0. The van der Waals surface area contributed by atoms with Crippen LogP contribution >= 0.6 is 11.6 Å². The molecule has 6 heteroatoms. The highest BCUT2D eigenvalue weighted by Crippen LogP contribution is 2.20. The minimum absolute atomic E-state index is 0.0497. The number of hydrogen-bond acceptors (Lipinski definition) is 3. The Hall–Kier alpha value is -2.27. The minimum atomic E-state index is -0.238. The van der Waals surface area contributed by atoms with Crippen LogP contribution in [-0.2, 0) is 4.79 Å².